The van der Waals surface area contributed by atoms with Crippen molar-refractivity contribution in [2.24, 2.45) is 0 Å². The third-order valence-electron chi connectivity index (χ3n) is 3.23. The van der Waals surface area contributed by atoms with Crippen LogP contribution in [0.15, 0.2) is 36.8 Å². The van der Waals surface area contributed by atoms with Gasteiger partial charge in [0.25, 0.3) is 0 Å². The summed E-state index contributed by atoms with van der Waals surface area (Å²) in [6.07, 6.45) is 8.13. The highest BCUT2D eigenvalue weighted by Gasteiger charge is 2.15. The Morgan fingerprint density at radius 1 is 1.24 bits per heavy atom. The van der Waals surface area contributed by atoms with E-state index in [4.69, 9.17) is 0 Å². The number of nitrogens with zero attached hydrogens (tertiary/aromatic N) is 3. The monoisotopic (exact) mass is 228 g/mol. The Kier molecular flexibility index (Phi) is 2.88. The second-order valence-electron chi connectivity index (χ2n) is 4.42. The summed E-state index contributed by atoms with van der Waals surface area (Å²) in [5.41, 5.74) is 2.15. The molecule has 0 bridgehead atoms. The van der Waals surface area contributed by atoms with E-state index in [0.29, 0.717) is 6.04 Å². The maximum atomic E-state index is 4.65. The summed E-state index contributed by atoms with van der Waals surface area (Å²) < 4.78 is 2.09. The van der Waals surface area contributed by atoms with E-state index in [1.807, 2.05) is 12.1 Å². The zero-order valence-corrected chi connectivity index (χ0v) is 9.71. The molecule has 1 N–H and O–H groups in total. The number of pyridine rings is 1. The largest absolute Gasteiger partial charge is 0.315 e. The van der Waals surface area contributed by atoms with Gasteiger partial charge in [0.05, 0.1) is 11.7 Å². The Balaban J connectivity index is 1.83. The number of nitrogens with one attached hydrogen (secondary N) is 1. The highest BCUT2D eigenvalue weighted by atomic mass is 15.3. The number of aromatic nitrogens is 3. The van der Waals surface area contributed by atoms with E-state index in [0.717, 1.165) is 24.3 Å². The first-order valence-corrected chi connectivity index (χ1v) is 6.10. The minimum absolute atomic E-state index is 0.499. The molecule has 0 radical (unpaired) electrons. The lowest BCUT2D eigenvalue weighted by Gasteiger charge is -2.22. The fourth-order valence-corrected chi connectivity index (χ4v) is 2.28. The molecular formula is C13H16N4. The highest BCUT2D eigenvalue weighted by molar-refractivity contribution is 5.57. The molecule has 0 amide bonds. The van der Waals surface area contributed by atoms with Gasteiger partial charge in [-0.25, -0.2) is 0 Å². The first kappa shape index (κ1) is 10.5. The van der Waals surface area contributed by atoms with Gasteiger partial charge in [-0.1, -0.05) is 0 Å². The van der Waals surface area contributed by atoms with E-state index >= 15 is 0 Å². The molecule has 1 aliphatic rings. The fourth-order valence-electron chi connectivity index (χ4n) is 2.28. The van der Waals surface area contributed by atoms with E-state index in [-0.39, 0.29) is 0 Å². The predicted molar refractivity (Wildman–Crippen MR) is 66.6 cm³/mol. The molecule has 2 aromatic heterocycles. The van der Waals surface area contributed by atoms with Gasteiger partial charge in [0.15, 0.2) is 0 Å². The van der Waals surface area contributed by atoms with Gasteiger partial charge in [-0.05, 0) is 37.6 Å². The van der Waals surface area contributed by atoms with E-state index in [1.54, 1.807) is 12.4 Å². The first-order chi connectivity index (χ1) is 8.43. The summed E-state index contributed by atoms with van der Waals surface area (Å²) in [5, 5.41) is 8.06. The average molecular weight is 228 g/mol. The van der Waals surface area contributed by atoms with Crippen molar-refractivity contribution in [3.8, 4) is 11.3 Å². The Labute approximate surface area is 101 Å². The molecule has 0 saturated carbocycles. The molecule has 0 spiro atoms. The lowest BCUT2D eigenvalue weighted by molar-refractivity contribution is 0.347. The summed E-state index contributed by atoms with van der Waals surface area (Å²) in [6, 6.07) is 6.56. The summed E-state index contributed by atoms with van der Waals surface area (Å²) >= 11 is 0. The van der Waals surface area contributed by atoms with Crippen LogP contribution in [0.5, 0.6) is 0 Å². The molecule has 3 rings (SSSR count). The van der Waals surface area contributed by atoms with E-state index in [2.05, 4.69) is 32.3 Å². The number of hydrogen-bond donors (Lipinski definition) is 1. The van der Waals surface area contributed by atoms with E-state index in [1.165, 1.54) is 12.8 Å². The lowest BCUT2D eigenvalue weighted by atomic mass is 10.1. The predicted octanol–water partition coefficient (Wildman–Crippen LogP) is 1.87. The molecule has 1 saturated heterocycles. The molecule has 88 valence electrons. The normalized spacial score (nSPS) is 20.4. The van der Waals surface area contributed by atoms with Crippen LogP contribution in [0.2, 0.25) is 0 Å². The van der Waals surface area contributed by atoms with Crippen molar-refractivity contribution < 1.29 is 0 Å². The molecule has 1 unspecified atom stereocenters. The van der Waals surface area contributed by atoms with Gasteiger partial charge in [-0.3, -0.25) is 9.67 Å². The van der Waals surface area contributed by atoms with Crippen LogP contribution in [0.4, 0.5) is 0 Å². The van der Waals surface area contributed by atoms with Crippen LogP contribution in [-0.4, -0.2) is 27.9 Å². The highest BCUT2D eigenvalue weighted by Crippen LogP contribution is 2.20. The van der Waals surface area contributed by atoms with Crippen molar-refractivity contribution in [3.63, 3.8) is 0 Å². The first-order valence-electron chi connectivity index (χ1n) is 6.10. The summed E-state index contributed by atoms with van der Waals surface area (Å²) in [4.78, 5) is 4.02. The van der Waals surface area contributed by atoms with Crippen LogP contribution >= 0.6 is 0 Å². The van der Waals surface area contributed by atoms with E-state index < -0.39 is 0 Å². The zero-order valence-electron chi connectivity index (χ0n) is 9.71. The second-order valence-corrected chi connectivity index (χ2v) is 4.42. The van der Waals surface area contributed by atoms with Crippen LogP contribution in [0, 0.1) is 0 Å². The van der Waals surface area contributed by atoms with Crippen molar-refractivity contribution in [2.45, 2.75) is 18.9 Å². The van der Waals surface area contributed by atoms with Gasteiger partial charge in [-0.15, -0.1) is 0 Å². The maximum Gasteiger partial charge on any atom is 0.0924 e. The molecule has 1 atom stereocenters. The molecule has 0 aliphatic carbocycles. The third-order valence-corrected chi connectivity index (χ3v) is 3.23. The van der Waals surface area contributed by atoms with Gasteiger partial charge in [0, 0.05) is 30.7 Å². The summed E-state index contributed by atoms with van der Waals surface area (Å²) in [6.45, 7) is 2.16. The van der Waals surface area contributed by atoms with Crippen molar-refractivity contribution in [3.05, 3.63) is 36.8 Å². The minimum Gasteiger partial charge on any atom is -0.315 e. The zero-order chi connectivity index (χ0) is 11.5. The summed E-state index contributed by atoms with van der Waals surface area (Å²) in [7, 11) is 0. The SMILES string of the molecule is c1cc(-c2ccn(C3CCCNC3)n2)ccn1. The van der Waals surface area contributed by atoms with Crippen molar-refractivity contribution in [1.29, 1.82) is 0 Å². The fraction of sp³-hybridized carbons (Fsp3) is 0.385. The van der Waals surface area contributed by atoms with Crippen molar-refractivity contribution in [1.82, 2.24) is 20.1 Å². The van der Waals surface area contributed by atoms with Crippen molar-refractivity contribution in [2.75, 3.05) is 13.1 Å². The number of rotatable bonds is 2. The van der Waals surface area contributed by atoms with Crippen molar-refractivity contribution >= 4 is 0 Å². The molecule has 1 aliphatic heterocycles. The van der Waals surface area contributed by atoms with E-state index in [9.17, 15) is 0 Å². The van der Waals surface area contributed by atoms with Gasteiger partial charge in [0.1, 0.15) is 0 Å². The Hall–Kier alpha value is -1.68. The molecule has 1 fully saturated rings. The molecule has 4 heteroatoms. The number of hydrogen-bond acceptors (Lipinski definition) is 3. The van der Waals surface area contributed by atoms with Crippen LogP contribution in [-0.2, 0) is 0 Å². The molecule has 0 aromatic carbocycles. The van der Waals surface area contributed by atoms with Crippen LogP contribution < -0.4 is 5.32 Å². The maximum absolute atomic E-state index is 4.65. The molecule has 2 aromatic rings. The van der Waals surface area contributed by atoms with Crippen LogP contribution in [0.25, 0.3) is 11.3 Å². The Bertz CT molecular complexity index is 471. The average Bonchev–Trinajstić information content (AvgIpc) is 2.90. The molecule has 3 heterocycles. The molecule has 17 heavy (non-hydrogen) atoms. The Morgan fingerprint density at radius 2 is 2.12 bits per heavy atom. The quantitative estimate of drug-likeness (QED) is 0.853. The molecular weight excluding hydrogens is 212 g/mol. The van der Waals surface area contributed by atoms with Gasteiger partial charge in [-0.2, -0.15) is 5.10 Å². The van der Waals surface area contributed by atoms with Crippen LogP contribution in [0.3, 0.4) is 0 Å². The molecule has 4 nitrogen and oxygen atoms in total. The minimum atomic E-state index is 0.499. The topological polar surface area (TPSA) is 42.7 Å². The Morgan fingerprint density at radius 3 is 2.88 bits per heavy atom. The van der Waals surface area contributed by atoms with Gasteiger partial charge < -0.3 is 5.32 Å². The van der Waals surface area contributed by atoms with Gasteiger partial charge in [0.2, 0.25) is 0 Å². The second kappa shape index (κ2) is 4.67. The van der Waals surface area contributed by atoms with Gasteiger partial charge >= 0.3 is 0 Å². The third kappa shape index (κ3) is 2.22. The van der Waals surface area contributed by atoms with Crippen LogP contribution in [0.1, 0.15) is 18.9 Å². The summed E-state index contributed by atoms with van der Waals surface area (Å²) in [5.74, 6) is 0. The lowest BCUT2D eigenvalue weighted by Crippen LogP contribution is -2.31. The smallest absolute Gasteiger partial charge is 0.0924 e. The number of piperidine rings is 1. The standard InChI is InChI=1S/C13H16N4/c1-2-12(10-15-6-1)17-9-5-13(16-17)11-3-7-14-8-4-11/h3-5,7-9,12,15H,1-2,6,10H2.